The molecule has 0 saturated carbocycles. The quantitative estimate of drug-likeness (QED) is 0.866. The van der Waals surface area contributed by atoms with Crippen molar-refractivity contribution in [2.24, 2.45) is 11.8 Å². The Morgan fingerprint density at radius 3 is 2.22 bits per heavy atom. The van der Waals surface area contributed by atoms with Crippen LogP contribution in [0.1, 0.15) is 32.6 Å². The fraction of sp³-hybridized carbons (Fsp3) is 0.833. The summed E-state index contributed by atoms with van der Waals surface area (Å²) in [5, 5.41) is 14.7. The van der Waals surface area contributed by atoms with Crippen molar-refractivity contribution in [3.8, 4) is 0 Å². The third-order valence-electron chi connectivity index (χ3n) is 5.53. The largest absolute Gasteiger partial charge is 0.390 e. The van der Waals surface area contributed by atoms with Gasteiger partial charge in [0.15, 0.2) is 0 Å². The number of piperidine rings is 2. The van der Waals surface area contributed by atoms with Crippen molar-refractivity contribution in [1.82, 2.24) is 19.6 Å². The van der Waals surface area contributed by atoms with Gasteiger partial charge in [-0.3, -0.25) is 4.68 Å². The van der Waals surface area contributed by atoms with E-state index in [9.17, 15) is 5.11 Å². The summed E-state index contributed by atoms with van der Waals surface area (Å²) < 4.78 is 2.05. The third kappa shape index (κ3) is 5.30. The summed E-state index contributed by atoms with van der Waals surface area (Å²) in [5.41, 5.74) is 0. The van der Waals surface area contributed by atoms with E-state index in [1.54, 1.807) is 0 Å². The topological polar surface area (TPSA) is 44.5 Å². The first-order valence-electron chi connectivity index (χ1n) is 9.29. The lowest BCUT2D eigenvalue weighted by Crippen LogP contribution is -2.45. The van der Waals surface area contributed by atoms with Gasteiger partial charge in [0.2, 0.25) is 0 Å². The van der Waals surface area contributed by atoms with Crippen LogP contribution in [0.5, 0.6) is 0 Å². The van der Waals surface area contributed by atoms with Crippen molar-refractivity contribution in [2.75, 3.05) is 39.3 Å². The molecule has 0 amide bonds. The highest BCUT2D eigenvalue weighted by Gasteiger charge is 2.23. The molecule has 5 heteroatoms. The van der Waals surface area contributed by atoms with Gasteiger partial charge in [-0.1, -0.05) is 6.92 Å². The van der Waals surface area contributed by atoms with Crippen LogP contribution in [0.3, 0.4) is 0 Å². The van der Waals surface area contributed by atoms with Gasteiger partial charge in [0.25, 0.3) is 0 Å². The molecular weight excluding hydrogens is 288 g/mol. The summed E-state index contributed by atoms with van der Waals surface area (Å²) in [6.45, 7) is 9.59. The van der Waals surface area contributed by atoms with Crippen molar-refractivity contribution in [3.05, 3.63) is 18.5 Å². The fourth-order valence-electron chi connectivity index (χ4n) is 3.92. The van der Waals surface area contributed by atoms with E-state index >= 15 is 0 Å². The Bertz CT molecular complexity index is 434. The van der Waals surface area contributed by atoms with E-state index in [1.807, 2.05) is 16.9 Å². The second kappa shape index (κ2) is 8.27. The number of β-amino-alcohol motifs (C(OH)–C–C–N with tert-alkyl or cyclic N) is 1. The van der Waals surface area contributed by atoms with E-state index in [0.717, 1.165) is 57.6 Å². The van der Waals surface area contributed by atoms with Crippen LogP contribution in [0.4, 0.5) is 0 Å². The standard InChI is InChI=1S/C18H32N4O/c1-16-3-9-20(10-4-16)14-18(23)15-21-11-5-17(6-12-21)13-22-8-2-7-19-22/h2,7-8,16-18,23H,3-6,9-15H2,1H3/t18-/m0/s1. The maximum atomic E-state index is 10.4. The lowest BCUT2D eigenvalue weighted by atomic mass is 9.96. The SMILES string of the molecule is CC1CCN(C[C@H](O)CN2CCC(Cn3cccn3)CC2)CC1. The zero-order chi connectivity index (χ0) is 16.1. The maximum absolute atomic E-state index is 10.4. The molecule has 2 saturated heterocycles. The van der Waals surface area contributed by atoms with Crippen LogP contribution >= 0.6 is 0 Å². The molecule has 1 N–H and O–H groups in total. The molecule has 1 aromatic heterocycles. The molecular formula is C18H32N4O. The minimum absolute atomic E-state index is 0.203. The van der Waals surface area contributed by atoms with E-state index in [4.69, 9.17) is 0 Å². The summed E-state index contributed by atoms with van der Waals surface area (Å²) in [6, 6.07) is 1.99. The summed E-state index contributed by atoms with van der Waals surface area (Å²) >= 11 is 0. The van der Waals surface area contributed by atoms with Gasteiger partial charge in [0.1, 0.15) is 0 Å². The molecule has 23 heavy (non-hydrogen) atoms. The van der Waals surface area contributed by atoms with E-state index < -0.39 is 0 Å². The summed E-state index contributed by atoms with van der Waals surface area (Å²) in [7, 11) is 0. The Morgan fingerprint density at radius 1 is 1.04 bits per heavy atom. The van der Waals surface area contributed by atoms with Gasteiger partial charge in [0.05, 0.1) is 6.10 Å². The molecule has 130 valence electrons. The number of aromatic nitrogens is 2. The normalized spacial score (nSPS) is 24.1. The Labute approximate surface area is 140 Å². The maximum Gasteiger partial charge on any atom is 0.0793 e. The second-order valence-electron chi connectivity index (χ2n) is 7.61. The smallest absolute Gasteiger partial charge is 0.0793 e. The zero-order valence-electron chi connectivity index (χ0n) is 14.5. The third-order valence-corrected chi connectivity index (χ3v) is 5.53. The molecule has 2 aliphatic rings. The Morgan fingerprint density at radius 2 is 1.65 bits per heavy atom. The Hall–Kier alpha value is -0.910. The number of hydrogen-bond donors (Lipinski definition) is 1. The minimum Gasteiger partial charge on any atom is -0.390 e. The molecule has 0 aromatic carbocycles. The van der Waals surface area contributed by atoms with Crippen molar-refractivity contribution in [3.63, 3.8) is 0 Å². The van der Waals surface area contributed by atoms with Gasteiger partial charge >= 0.3 is 0 Å². The Balaban J connectivity index is 1.33. The minimum atomic E-state index is -0.203. The average molecular weight is 320 g/mol. The molecule has 3 rings (SSSR count). The van der Waals surface area contributed by atoms with Crippen LogP contribution in [-0.2, 0) is 6.54 Å². The van der Waals surface area contributed by atoms with Crippen molar-refractivity contribution < 1.29 is 5.11 Å². The summed E-state index contributed by atoms with van der Waals surface area (Å²) in [5.74, 6) is 1.59. The van der Waals surface area contributed by atoms with Gasteiger partial charge in [0, 0.05) is 32.0 Å². The van der Waals surface area contributed by atoms with Gasteiger partial charge < -0.3 is 14.9 Å². The highest BCUT2D eigenvalue weighted by atomic mass is 16.3. The molecule has 0 unspecified atom stereocenters. The molecule has 2 aliphatic heterocycles. The van der Waals surface area contributed by atoms with Crippen LogP contribution in [0.25, 0.3) is 0 Å². The molecule has 0 radical (unpaired) electrons. The number of nitrogens with zero attached hydrogens (tertiary/aromatic N) is 4. The summed E-state index contributed by atoms with van der Waals surface area (Å²) in [6.07, 6.45) is 8.70. The number of rotatable bonds is 6. The first kappa shape index (κ1) is 16.9. The highest BCUT2D eigenvalue weighted by Crippen LogP contribution is 2.20. The summed E-state index contributed by atoms with van der Waals surface area (Å²) in [4.78, 5) is 4.88. The van der Waals surface area contributed by atoms with Crippen LogP contribution in [0, 0.1) is 11.8 Å². The molecule has 0 bridgehead atoms. The lowest BCUT2D eigenvalue weighted by Gasteiger charge is -2.35. The van der Waals surface area contributed by atoms with Gasteiger partial charge in [-0.05, 0) is 69.8 Å². The van der Waals surface area contributed by atoms with E-state index in [1.165, 1.54) is 25.7 Å². The predicted molar refractivity (Wildman–Crippen MR) is 92.2 cm³/mol. The van der Waals surface area contributed by atoms with Crippen molar-refractivity contribution >= 4 is 0 Å². The number of likely N-dealkylation sites (tertiary alicyclic amines) is 2. The zero-order valence-corrected chi connectivity index (χ0v) is 14.5. The molecule has 3 heterocycles. The first-order valence-corrected chi connectivity index (χ1v) is 9.29. The Kier molecular flexibility index (Phi) is 6.08. The molecule has 1 aromatic rings. The van der Waals surface area contributed by atoms with Gasteiger partial charge in [-0.2, -0.15) is 5.10 Å². The number of aliphatic hydroxyl groups is 1. The first-order chi connectivity index (χ1) is 11.2. The number of aliphatic hydroxyl groups excluding tert-OH is 1. The van der Waals surface area contributed by atoms with E-state index in [0.29, 0.717) is 0 Å². The molecule has 2 fully saturated rings. The van der Waals surface area contributed by atoms with Crippen LogP contribution in [-0.4, -0.2) is 70.1 Å². The lowest BCUT2D eigenvalue weighted by molar-refractivity contribution is 0.0490. The van der Waals surface area contributed by atoms with Gasteiger partial charge in [-0.25, -0.2) is 0 Å². The highest BCUT2D eigenvalue weighted by molar-refractivity contribution is 4.81. The van der Waals surface area contributed by atoms with Crippen LogP contribution < -0.4 is 0 Å². The molecule has 0 aliphatic carbocycles. The average Bonchev–Trinajstić information content (AvgIpc) is 3.04. The van der Waals surface area contributed by atoms with Gasteiger partial charge in [-0.15, -0.1) is 0 Å². The molecule has 5 nitrogen and oxygen atoms in total. The second-order valence-corrected chi connectivity index (χ2v) is 7.61. The number of hydrogen-bond acceptors (Lipinski definition) is 4. The predicted octanol–water partition coefficient (Wildman–Crippen LogP) is 1.69. The van der Waals surface area contributed by atoms with E-state index in [-0.39, 0.29) is 6.10 Å². The van der Waals surface area contributed by atoms with Crippen molar-refractivity contribution in [2.45, 2.75) is 45.3 Å². The van der Waals surface area contributed by atoms with Crippen molar-refractivity contribution in [1.29, 1.82) is 0 Å². The van der Waals surface area contributed by atoms with Crippen LogP contribution in [0.15, 0.2) is 18.5 Å². The van der Waals surface area contributed by atoms with Crippen LogP contribution in [0.2, 0.25) is 0 Å². The molecule has 0 spiro atoms. The fourth-order valence-corrected chi connectivity index (χ4v) is 3.92. The van der Waals surface area contributed by atoms with E-state index in [2.05, 4.69) is 28.0 Å². The molecule has 1 atom stereocenters. The monoisotopic (exact) mass is 320 g/mol.